The molecule has 5 nitrogen and oxygen atoms in total. The molecular formula is C17H19F3N2O3. The molecule has 1 saturated heterocycles. The van der Waals surface area contributed by atoms with Crippen LogP contribution >= 0.6 is 0 Å². The van der Waals surface area contributed by atoms with Gasteiger partial charge >= 0.3 is 6.18 Å². The molecule has 2 aliphatic rings. The van der Waals surface area contributed by atoms with Crippen molar-refractivity contribution in [3.05, 3.63) is 35.4 Å². The van der Waals surface area contributed by atoms with E-state index in [1.54, 1.807) is 11.0 Å². The molecule has 0 spiro atoms. The Morgan fingerprint density at radius 3 is 2.64 bits per heavy atom. The van der Waals surface area contributed by atoms with Gasteiger partial charge in [0.25, 0.3) is 0 Å². The Morgan fingerprint density at radius 1 is 1.32 bits per heavy atom. The first-order valence-electron chi connectivity index (χ1n) is 8.09. The summed E-state index contributed by atoms with van der Waals surface area (Å²) < 4.78 is 44.0. The molecule has 1 heterocycles. The SMILES string of the molecule is NC(=O)C1(C(=O)N2CCOC(Cc3cccc(C(F)(F)F)c3)C2)CC1. The van der Waals surface area contributed by atoms with Gasteiger partial charge in [0.15, 0.2) is 0 Å². The first-order valence-corrected chi connectivity index (χ1v) is 8.09. The first kappa shape index (κ1) is 17.7. The number of halogens is 3. The van der Waals surface area contributed by atoms with Crippen LogP contribution in [0, 0.1) is 5.41 Å². The summed E-state index contributed by atoms with van der Waals surface area (Å²) in [5.41, 5.74) is 4.03. The highest BCUT2D eigenvalue weighted by atomic mass is 19.4. The van der Waals surface area contributed by atoms with Gasteiger partial charge in [0.2, 0.25) is 11.8 Å². The van der Waals surface area contributed by atoms with Crippen LogP contribution < -0.4 is 5.73 Å². The molecule has 1 unspecified atom stereocenters. The Bertz CT molecular complexity index is 686. The Kier molecular flexibility index (Phi) is 4.49. The second-order valence-electron chi connectivity index (χ2n) is 6.59. The van der Waals surface area contributed by atoms with E-state index < -0.39 is 29.2 Å². The minimum absolute atomic E-state index is 0.240. The van der Waals surface area contributed by atoms with Gasteiger partial charge in [0.05, 0.1) is 18.3 Å². The lowest BCUT2D eigenvalue weighted by Crippen LogP contribution is -2.51. The Morgan fingerprint density at radius 2 is 2.04 bits per heavy atom. The lowest BCUT2D eigenvalue weighted by Gasteiger charge is -2.34. The van der Waals surface area contributed by atoms with Gasteiger partial charge in [-0.25, -0.2) is 0 Å². The average molecular weight is 356 g/mol. The molecule has 1 aliphatic carbocycles. The number of carbonyl (C=O) groups is 2. The van der Waals surface area contributed by atoms with Gasteiger partial charge in [0.1, 0.15) is 5.41 Å². The van der Waals surface area contributed by atoms with Crippen LogP contribution in [-0.2, 0) is 26.9 Å². The minimum atomic E-state index is -4.40. The second-order valence-corrected chi connectivity index (χ2v) is 6.59. The number of nitrogens with two attached hydrogens (primary N) is 1. The fourth-order valence-electron chi connectivity index (χ4n) is 3.16. The maximum absolute atomic E-state index is 12.8. The minimum Gasteiger partial charge on any atom is -0.374 e. The number of benzene rings is 1. The van der Waals surface area contributed by atoms with Gasteiger partial charge in [-0.1, -0.05) is 18.2 Å². The molecule has 1 aliphatic heterocycles. The van der Waals surface area contributed by atoms with Gasteiger partial charge < -0.3 is 15.4 Å². The van der Waals surface area contributed by atoms with E-state index >= 15 is 0 Å². The van der Waals surface area contributed by atoms with Crippen molar-refractivity contribution in [1.82, 2.24) is 4.90 Å². The molecule has 0 bridgehead atoms. The predicted molar refractivity (Wildman–Crippen MR) is 82.3 cm³/mol. The van der Waals surface area contributed by atoms with Crippen LogP contribution in [-0.4, -0.2) is 42.5 Å². The van der Waals surface area contributed by atoms with E-state index in [-0.39, 0.29) is 25.5 Å². The van der Waals surface area contributed by atoms with Crippen LogP contribution in [0.1, 0.15) is 24.0 Å². The first-order chi connectivity index (χ1) is 11.7. The molecule has 0 radical (unpaired) electrons. The van der Waals surface area contributed by atoms with Crippen molar-refractivity contribution >= 4 is 11.8 Å². The van der Waals surface area contributed by atoms with E-state index in [1.807, 2.05) is 0 Å². The van der Waals surface area contributed by atoms with E-state index in [2.05, 4.69) is 0 Å². The third-order valence-electron chi connectivity index (χ3n) is 4.77. The standard InChI is InChI=1S/C17H19F3N2O3/c18-17(19,20)12-3-1-2-11(8-12)9-13-10-22(6-7-25-13)15(24)16(4-5-16)14(21)23/h1-3,8,13H,4-7,9-10H2,(H2,21,23). The number of nitrogens with zero attached hydrogens (tertiary/aromatic N) is 1. The zero-order chi connectivity index (χ0) is 18.2. The van der Waals surface area contributed by atoms with Crippen LogP contribution in [0.15, 0.2) is 24.3 Å². The van der Waals surface area contributed by atoms with Crippen LogP contribution in [0.2, 0.25) is 0 Å². The third-order valence-corrected chi connectivity index (χ3v) is 4.77. The highest BCUT2D eigenvalue weighted by Gasteiger charge is 2.57. The number of amides is 2. The Balaban J connectivity index is 1.66. The molecule has 2 fully saturated rings. The zero-order valence-corrected chi connectivity index (χ0v) is 13.5. The summed E-state index contributed by atoms with van der Waals surface area (Å²) in [7, 11) is 0. The lowest BCUT2D eigenvalue weighted by atomic mass is 10.0. The molecule has 25 heavy (non-hydrogen) atoms. The van der Waals surface area contributed by atoms with Crippen molar-refractivity contribution in [3.8, 4) is 0 Å². The summed E-state index contributed by atoms with van der Waals surface area (Å²) in [6.07, 6.45) is -3.64. The van der Waals surface area contributed by atoms with Crippen LogP contribution in [0.5, 0.6) is 0 Å². The van der Waals surface area contributed by atoms with Crippen LogP contribution in [0.4, 0.5) is 13.2 Å². The number of hydrogen-bond acceptors (Lipinski definition) is 3. The number of ether oxygens (including phenoxy) is 1. The van der Waals surface area contributed by atoms with Gasteiger partial charge in [-0.2, -0.15) is 13.2 Å². The molecule has 0 aromatic heterocycles. The third kappa shape index (κ3) is 3.63. The number of primary amides is 1. The monoisotopic (exact) mass is 356 g/mol. The van der Waals surface area contributed by atoms with Crippen LogP contribution in [0.25, 0.3) is 0 Å². The number of morpholine rings is 1. The zero-order valence-electron chi connectivity index (χ0n) is 13.5. The van der Waals surface area contributed by atoms with Crippen molar-refractivity contribution < 1.29 is 27.5 Å². The number of hydrogen-bond donors (Lipinski definition) is 1. The normalized spacial score (nSPS) is 22.5. The molecule has 1 atom stereocenters. The van der Waals surface area contributed by atoms with Gasteiger partial charge in [-0.3, -0.25) is 9.59 Å². The Hall–Kier alpha value is -2.09. The number of rotatable bonds is 4. The average Bonchev–Trinajstić information content (AvgIpc) is 3.36. The predicted octanol–water partition coefficient (Wildman–Crippen LogP) is 1.74. The molecule has 1 aromatic rings. The van der Waals surface area contributed by atoms with Crippen molar-refractivity contribution in [2.75, 3.05) is 19.7 Å². The second kappa shape index (κ2) is 6.33. The highest BCUT2D eigenvalue weighted by Crippen LogP contribution is 2.47. The molecule has 2 amide bonds. The quantitative estimate of drug-likeness (QED) is 0.836. The molecule has 8 heteroatoms. The smallest absolute Gasteiger partial charge is 0.374 e. The summed E-state index contributed by atoms with van der Waals surface area (Å²) in [5.74, 6) is -0.907. The molecule has 1 saturated carbocycles. The molecule has 136 valence electrons. The van der Waals surface area contributed by atoms with E-state index in [4.69, 9.17) is 10.5 Å². The van der Waals surface area contributed by atoms with Crippen LogP contribution in [0.3, 0.4) is 0 Å². The summed E-state index contributed by atoms with van der Waals surface area (Å²) in [6.45, 7) is 0.876. The van der Waals surface area contributed by atoms with Crippen molar-refractivity contribution in [2.45, 2.75) is 31.5 Å². The maximum Gasteiger partial charge on any atom is 0.416 e. The van der Waals surface area contributed by atoms with E-state index in [9.17, 15) is 22.8 Å². The van der Waals surface area contributed by atoms with E-state index in [0.717, 1.165) is 12.1 Å². The Labute approximate surface area is 142 Å². The fraction of sp³-hybridized carbons (Fsp3) is 0.529. The summed E-state index contributed by atoms with van der Waals surface area (Å²) in [6, 6.07) is 5.07. The molecule has 3 rings (SSSR count). The molecule has 1 aromatic carbocycles. The topological polar surface area (TPSA) is 72.6 Å². The van der Waals surface area contributed by atoms with E-state index in [1.165, 1.54) is 6.07 Å². The highest BCUT2D eigenvalue weighted by molar-refractivity contribution is 6.07. The van der Waals surface area contributed by atoms with Crippen molar-refractivity contribution in [2.24, 2.45) is 11.1 Å². The summed E-state index contributed by atoms with van der Waals surface area (Å²) >= 11 is 0. The molecule has 2 N–H and O–H groups in total. The van der Waals surface area contributed by atoms with Crippen molar-refractivity contribution in [3.63, 3.8) is 0 Å². The fourth-order valence-corrected chi connectivity index (χ4v) is 3.16. The summed E-state index contributed by atoms with van der Waals surface area (Å²) in [4.78, 5) is 25.6. The maximum atomic E-state index is 12.8. The van der Waals surface area contributed by atoms with Crippen molar-refractivity contribution in [1.29, 1.82) is 0 Å². The van der Waals surface area contributed by atoms with Gasteiger partial charge in [-0.05, 0) is 24.5 Å². The summed E-state index contributed by atoms with van der Waals surface area (Å²) in [5, 5.41) is 0. The van der Waals surface area contributed by atoms with Gasteiger partial charge in [-0.15, -0.1) is 0 Å². The number of carbonyl (C=O) groups excluding carboxylic acids is 2. The largest absolute Gasteiger partial charge is 0.416 e. The van der Waals surface area contributed by atoms with Gasteiger partial charge in [0, 0.05) is 19.5 Å². The van der Waals surface area contributed by atoms with E-state index in [0.29, 0.717) is 24.9 Å². The number of alkyl halides is 3. The lowest BCUT2D eigenvalue weighted by molar-refractivity contribution is -0.148. The molecular weight excluding hydrogens is 337 g/mol.